The van der Waals surface area contributed by atoms with Gasteiger partial charge in [-0.2, -0.15) is 0 Å². The number of halogens is 1. The van der Waals surface area contributed by atoms with Crippen molar-refractivity contribution in [3.63, 3.8) is 0 Å². The van der Waals surface area contributed by atoms with Crippen molar-refractivity contribution in [1.29, 1.82) is 0 Å². The predicted molar refractivity (Wildman–Crippen MR) is 138 cm³/mol. The lowest BCUT2D eigenvalue weighted by Gasteiger charge is -2.31. The van der Waals surface area contributed by atoms with Gasteiger partial charge >= 0.3 is 0 Å². The molecule has 0 radical (unpaired) electrons. The highest BCUT2D eigenvalue weighted by Gasteiger charge is 2.56. The summed E-state index contributed by atoms with van der Waals surface area (Å²) in [7, 11) is 0. The molecule has 3 heterocycles. The van der Waals surface area contributed by atoms with E-state index in [0.29, 0.717) is 24.6 Å². The van der Waals surface area contributed by atoms with Gasteiger partial charge in [-0.1, -0.05) is 41.8 Å². The molecule has 2 aliphatic heterocycles. The number of aromatic hydroxyl groups is 1. The monoisotopic (exact) mass is 511 g/mol. The molecule has 4 atom stereocenters. The zero-order valence-corrected chi connectivity index (χ0v) is 21.6. The van der Waals surface area contributed by atoms with Crippen LogP contribution in [-0.4, -0.2) is 34.5 Å². The molecule has 1 aliphatic carbocycles. The van der Waals surface area contributed by atoms with E-state index < -0.39 is 0 Å². The van der Waals surface area contributed by atoms with Crippen LogP contribution in [0.15, 0.2) is 52.4 Å². The highest BCUT2D eigenvalue weighted by atomic mass is 35.5. The maximum absolute atomic E-state index is 13.4. The van der Waals surface area contributed by atoms with E-state index in [0.717, 1.165) is 29.7 Å². The van der Waals surface area contributed by atoms with Gasteiger partial charge in [0.1, 0.15) is 5.75 Å². The number of allylic oxidation sites excluding steroid dienone is 2. The predicted octanol–water partition coefficient (Wildman–Crippen LogP) is 6.22. The summed E-state index contributed by atoms with van der Waals surface area (Å²) in [6.45, 7) is 5.09. The number of phenols is 1. The van der Waals surface area contributed by atoms with Crippen LogP contribution in [0.3, 0.4) is 0 Å². The minimum atomic E-state index is -0.301. The van der Waals surface area contributed by atoms with Crippen molar-refractivity contribution in [2.24, 2.45) is 17.8 Å². The molecule has 2 amide bonds. The molecule has 35 heavy (non-hydrogen) atoms. The number of imide groups is 1. The smallest absolute Gasteiger partial charge is 0.234 e. The third-order valence-electron chi connectivity index (χ3n) is 7.61. The maximum atomic E-state index is 13.4. The van der Waals surface area contributed by atoms with Crippen LogP contribution < -0.4 is 0 Å². The molecule has 2 fully saturated rings. The van der Waals surface area contributed by atoms with E-state index in [4.69, 9.17) is 16.3 Å². The van der Waals surface area contributed by atoms with Gasteiger partial charge in [0.05, 0.1) is 36.1 Å². The summed E-state index contributed by atoms with van der Waals surface area (Å²) >= 11 is 7.84. The molecule has 1 aromatic carbocycles. The van der Waals surface area contributed by atoms with Crippen molar-refractivity contribution in [1.82, 2.24) is 4.90 Å². The first kappa shape index (κ1) is 24.3. The lowest BCUT2D eigenvalue weighted by Crippen LogP contribution is -2.34. The average Bonchev–Trinajstić information content (AvgIpc) is 3.55. The Hall–Kier alpha value is -2.41. The lowest BCUT2D eigenvalue weighted by atomic mass is 9.69. The van der Waals surface area contributed by atoms with Crippen LogP contribution in [0.25, 0.3) is 6.08 Å². The van der Waals surface area contributed by atoms with E-state index in [2.05, 4.69) is 13.8 Å². The van der Waals surface area contributed by atoms with Crippen LogP contribution in [0.5, 0.6) is 5.75 Å². The van der Waals surface area contributed by atoms with Gasteiger partial charge in [0.2, 0.25) is 11.8 Å². The molecule has 0 bridgehead atoms. The number of amides is 2. The van der Waals surface area contributed by atoms with Gasteiger partial charge in [-0.05, 0) is 73.4 Å². The van der Waals surface area contributed by atoms with Crippen molar-refractivity contribution in [3.05, 3.63) is 67.9 Å². The summed E-state index contributed by atoms with van der Waals surface area (Å²) in [5, 5.41) is 12.1. The molecule has 3 aliphatic rings. The minimum absolute atomic E-state index is 0.00526. The SMILES string of the molecule is CCC1=C2[C@@H](CC/C(C)=C/c3ccc(O)cc3Cl)OC[C@@H]2[C@@H]2C(=O)N(Cc3cccs3)C(=O)[C@@H]2C1. The van der Waals surface area contributed by atoms with Crippen LogP contribution in [0.2, 0.25) is 5.02 Å². The normalized spacial score (nSPS) is 26.5. The van der Waals surface area contributed by atoms with Crippen LogP contribution in [0.1, 0.15) is 50.0 Å². The second-order valence-corrected chi connectivity index (χ2v) is 11.2. The zero-order valence-electron chi connectivity index (χ0n) is 20.0. The minimum Gasteiger partial charge on any atom is -0.508 e. The maximum Gasteiger partial charge on any atom is 0.234 e. The third kappa shape index (κ3) is 4.59. The number of rotatable bonds is 7. The van der Waals surface area contributed by atoms with E-state index in [1.54, 1.807) is 23.5 Å². The third-order valence-corrected chi connectivity index (χ3v) is 8.80. The number of phenolic OH excluding ortho intramolecular Hbond substituents is 1. The van der Waals surface area contributed by atoms with Gasteiger partial charge in [-0.3, -0.25) is 14.5 Å². The Morgan fingerprint density at radius 2 is 2.09 bits per heavy atom. The number of nitrogens with zero attached hydrogens (tertiary/aromatic N) is 1. The van der Waals surface area contributed by atoms with Crippen LogP contribution in [0.4, 0.5) is 0 Å². The summed E-state index contributed by atoms with van der Waals surface area (Å²) in [5.74, 6) is -0.468. The van der Waals surface area contributed by atoms with E-state index in [1.165, 1.54) is 21.6 Å². The van der Waals surface area contributed by atoms with Gasteiger partial charge in [-0.15, -0.1) is 11.3 Å². The van der Waals surface area contributed by atoms with Crippen LogP contribution >= 0.6 is 22.9 Å². The summed E-state index contributed by atoms with van der Waals surface area (Å²) in [5.41, 5.74) is 4.61. The summed E-state index contributed by atoms with van der Waals surface area (Å²) in [4.78, 5) is 29.2. The first-order chi connectivity index (χ1) is 16.9. The highest BCUT2D eigenvalue weighted by Crippen LogP contribution is 2.50. The fourth-order valence-electron chi connectivity index (χ4n) is 5.92. The van der Waals surface area contributed by atoms with Crippen molar-refractivity contribution < 1.29 is 19.4 Å². The van der Waals surface area contributed by atoms with Crippen molar-refractivity contribution in [2.45, 2.75) is 52.2 Å². The zero-order chi connectivity index (χ0) is 24.7. The molecule has 0 saturated carbocycles. The first-order valence-electron chi connectivity index (χ1n) is 12.2. The Bertz CT molecular complexity index is 1200. The standard InChI is InChI=1S/C28H30ClNO4S/c1-3-17-12-21-26(28(33)30(27(21)32)14-20-5-4-10-35-20)22-15-34-24(25(17)22)9-6-16(2)11-18-7-8-19(31)13-23(18)29/h4-5,7-8,10-11,13,21-22,24,26,31H,3,6,9,12,14-15H2,1-2H3/b16-11+/t21-,22+,24-,26-/m1/s1. The van der Waals surface area contributed by atoms with E-state index in [-0.39, 0.29) is 41.4 Å². The molecular formula is C28H30ClNO4S. The molecule has 0 spiro atoms. The Morgan fingerprint density at radius 3 is 2.80 bits per heavy atom. The van der Waals surface area contributed by atoms with Crippen LogP contribution in [-0.2, 0) is 20.9 Å². The molecule has 184 valence electrons. The largest absolute Gasteiger partial charge is 0.508 e. The summed E-state index contributed by atoms with van der Waals surface area (Å²) in [6.07, 6.45) is 5.22. The molecule has 7 heteroatoms. The number of carbonyl (C=O) groups is 2. The Kier molecular flexibility index (Phi) is 6.88. The molecule has 2 saturated heterocycles. The van der Waals surface area contributed by atoms with Crippen molar-refractivity contribution >= 4 is 40.8 Å². The number of benzene rings is 1. The Morgan fingerprint density at radius 1 is 1.26 bits per heavy atom. The second kappa shape index (κ2) is 9.92. The molecule has 1 N–H and O–H groups in total. The number of thiophene rings is 1. The van der Waals surface area contributed by atoms with Gasteiger partial charge in [0.15, 0.2) is 0 Å². The molecule has 0 unspecified atom stereocenters. The first-order valence-corrected chi connectivity index (χ1v) is 13.5. The Balaban J connectivity index is 1.32. The van der Waals surface area contributed by atoms with E-state index in [9.17, 15) is 14.7 Å². The highest BCUT2D eigenvalue weighted by molar-refractivity contribution is 7.09. The van der Waals surface area contributed by atoms with E-state index >= 15 is 0 Å². The van der Waals surface area contributed by atoms with Gasteiger partial charge in [0, 0.05) is 10.8 Å². The van der Waals surface area contributed by atoms with Gasteiger partial charge in [0.25, 0.3) is 0 Å². The molecule has 1 aromatic heterocycles. The molecule has 2 aromatic rings. The number of fused-ring (bicyclic) bond motifs is 3. The molecule has 5 nitrogen and oxygen atoms in total. The Labute approximate surface area is 215 Å². The van der Waals surface area contributed by atoms with Crippen LogP contribution in [0, 0.1) is 17.8 Å². The molecule has 5 rings (SSSR count). The van der Waals surface area contributed by atoms with Crippen molar-refractivity contribution in [3.8, 4) is 5.75 Å². The summed E-state index contributed by atoms with van der Waals surface area (Å²) < 4.78 is 6.28. The van der Waals surface area contributed by atoms with E-state index in [1.807, 2.05) is 29.7 Å². The average molecular weight is 512 g/mol. The number of hydrogen-bond acceptors (Lipinski definition) is 5. The number of ether oxygens (including phenoxy) is 1. The number of hydrogen-bond donors (Lipinski definition) is 1. The number of likely N-dealkylation sites (tertiary alicyclic amines) is 1. The fourth-order valence-corrected chi connectivity index (χ4v) is 6.84. The lowest BCUT2D eigenvalue weighted by molar-refractivity contribution is -0.140. The summed E-state index contributed by atoms with van der Waals surface area (Å²) in [6, 6.07) is 8.92. The van der Waals surface area contributed by atoms with Gasteiger partial charge in [-0.25, -0.2) is 0 Å². The van der Waals surface area contributed by atoms with Gasteiger partial charge < -0.3 is 9.84 Å². The second-order valence-electron chi connectivity index (χ2n) is 9.75. The quantitative estimate of drug-likeness (QED) is 0.354. The topological polar surface area (TPSA) is 66.8 Å². The van der Waals surface area contributed by atoms with Crippen molar-refractivity contribution in [2.75, 3.05) is 6.61 Å². The fraction of sp³-hybridized carbons (Fsp3) is 0.429. The molecular weight excluding hydrogens is 482 g/mol. The number of carbonyl (C=O) groups excluding carboxylic acids is 2.